The molecule has 2 rings (SSSR count). The van der Waals surface area contributed by atoms with Crippen LogP contribution in [-0.4, -0.2) is 24.8 Å². The van der Waals surface area contributed by atoms with Gasteiger partial charge in [0.25, 0.3) is 0 Å². The first kappa shape index (κ1) is 16.5. The molecule has 2 atom stereocenters. The van der Waals surface area contributed by atoms with E-state index in [9.17, 15) is 8.42 Å². The van der Waals surface area contributed by atoms with Crippen LogP contribution in [0.3, 0.4) is 0 Å². The third-order valence-electron chi connectivity index (χ3n) is 4.31. The molecule has 21 heavy (non-hydrogen) atoms. The molecule has 1 aromatic rings. The fourth-order valence-corrected chi connectivity index (χ4v) is 4.84. The Morgan fingerprint density at radius 1 is 0.952 bits per heavy atom. The van der Waals surface area contributed by atoms with Gasteiger partial charge in [0.05, 0.1) is 4.90 Å². The average molecular weight is 309 g/mol. The van der Waals surface area contributed by atoms with Crippen molar-refractivity contribution in [3.63, 3.8) is 0 Å². The topological polar surface area (TPSA) is 37.1 Å². The predicted octanol–water partition coefficient (Wildman–Crippen LogP) is 4.12. The van der Waals surface area contributed by atoms with Gasteiger partial charge in [0.1, 0.15) is 0 Å². The molecule has 0 N–H and O–H groups in total. The molecule has 1 saturated heterocycles. The van der Waals surface area contributed by atoms with Crippen LogP contribution in [0.2, 0.25) is 0 Å². The molecule has 3 nitrogen and oxygen atoms in total. The van der Waals surface area contributed by atoms with Crippen molar-refractivity contribution in [1.82, 2.24) is 4.31 Å². The number of hydrogen-bond donors (Lipinski definition) is 0. The predicted molar refractivity (Wildman–Crippen MR) is 86.8 cm³/mol. The fraction of sp³-hybridized carbons (Fsp3) is 0.647. The molecule has 0 radical (unpaired) electrons. The first-order chi connectivity index (χ1) is 10.0. The molecule has 0 aromatic heterocycles. The van der Waals surface area contributed by atoms with Gasteiger partial charge >= 0.3 is 0 Å². The Morgan fingerprint density at radius 2 is 1.43 bits per heavy atom. The monoisotopic (exact) mass is 309 g/mol. The van der Waals surface area contributed by atoms with Crippen LogP contribution < -0.4 is 0 Å². The van der Waals surface area contributed by atoms with Crippen molar-refractivity contribution in [2.24, 2.45) is 0 Å². The summed E-state index contributed by atoms with van der Waals surface area (Å²) in [6, 6.07) is 7.66. The van der Waals surface area contributed by atoms with E-state index < -0.39 is 10.0 Å². The Kier molecular flexibility index (Phi) is 5.44. The third-order valence-corrected chi connectivity index (χ3v) is 6.28. The SMILES string of the molecule is CCCC[C@H]1[C@H](CCCC)N1S(=O)(=O)c1ccc(C)cc1. The largest absolute Gasteiger partial charge is 0.243 e. The van der Waals surface area contributed by atoms with E-state index in [1.807, 2.05) is 19.1 Å². The van der Waals surface area contributed by atoms with E-state index >= 15 is 0 Å². The molecule has 118 valence electrons. The second-order valence-electron chi connectivity index (χ2n) is 6.07. The molecule has 1 aliphatic heterocycles. The van der Waals surface area contributed by atoms with Gasteiger partial charge < -0.3 is 0 Å². The highest BCUT2D eigenvalue weighted by Gasteiger charge is 2.53. The van der Waals surface area contributed by atoms with Gasteiger partial charge in [0.2, 0.25) is 10.0 Å². The van der Waals surface area contributed by atoms with Crippen LogP contribution in [0.4, 0.5) is 0 Å². The standard InChI is InChI=1S/C17H27NO2S/c1-4-6-8-16-17(9-7-5-2)18(16)21(19,20)15-12-10-14(3)11-13-15/h10-13,16-17H,4-9H2,1-3H3/t16-,17-/m0/s1. The van der Waals surface area contributed by atoms with E-state index in [0.717, 1.165) is 44.1 Å². The van der Waals surface area contributed by atoms with E-state index in [2.05, 4.69) is 13.8 Å². The zero-order chi connectivity index (χ0) is 15.5. The quantitative estimate of drug-likeness (QED) is 0.677. The molecular formula is C17H27NO2S. The lowest BCUT2D eigenvalue weighted by Crippen LogP contribution is -2.16. The molecule has 0 amide bonds. The highest BCUT2D eigenvalue weighted by atomic mass is 32.2. The summed E-state index contributed by atoms with van der Waals surface area (Å²) in [7, 11) is -3.31. The van der Waals surface area contributed by atoms with Gasteiger partial charge in [-0.15, -0.1) is 0 Å². The van der Waals surface area contributed by atoms with E-state index in [-0.39, 0.29) is 12.1 Å². The lowest BCUT2D eigenvalue weighted by atomic mass is 10.1. The number of benzene rings is 1. The summed E-state index contributed by atoms with van der Waals surface area (Å²) in [5, 5.41) is 0. The van der Waals surface area contributed by atoms with Crippen LogP contribution >= 0.6 is 0 Å². The lowest BCUT2D eigenvalue weighted by molar-refractivity contribution is 0.532. The number of nitrogens with zero attached hydrogens (tertiary/aromatic N) is 1. The zero-order valence-corrected chi connectivity index (χ0v) is 14.2. The summed E-state index contributed by atoms with van der Waals surface area (Å²) in [4.78, 5) is 0.439. The maximum atomic E-state index is 12.8. The molecule has 1 aliphatic rings. The Hall–Kier alpha value is -0.870. The van der Waals surface area contributed by atoms with Crippen LogP contribution in [0.1, 0.15) is 57.9 Å². The molecule has 0 spiro atoms. The second kappa shape index (κ2) is 6.93. The number of rotatable bonds is 8. The molecule has 1 aromatic carbocycles. The normalized spacial score (nSPS) is 25.0. The van der Waals surface area contributed by atoms with Crippen LogP contribution in [0.5, 0.6) is 0 Å². The summed E-state index contributed by atoms with van der Waals surface area (Å²) >= 11 is 0. The summed E-state index contributed by atoms with van der Waals surface area (Å²) < 4.78 is 27.3. The Labute approximate surface area is 129 Å². The van der Waals surface area contributed by atoms with Crippen molar-refractivity contribution < 1.29 is 8.42 Å². The Morgan fingerprint density at radius 3 is 1.86 bits per heavy atom. The van der Waals surface area contributed by atoms with Crippen molar-refractivity contribution >= 4 is 10.0 Å². The minimum Gasteiger partial charge on any atom is -0.207 e. The highest BCUT2D eigenvalue weighted by Crippen LogP contribution is 2.41. The highest BCUT2D eigenvalue weighted by molar-refractivity contribution is 7.89. The average Bonchev–Trinajstić information content (AvgIpc) is 3.17. The summed E-state index contributed by atoms with van der Waals surface area (Å²) in [6.07, 6.45) is 6.44. The van der Waals surface area contributed by atoms with E-state index in [1.54, 1.807) is 16.4 Å². The van der Waals surface area contributed by atoms with Gasteiger partial charge in [-0.2, -0.15) is 4.31 Å². The van der Waals surface area contributed by atoms with Gasteiger partial charge in [0, 0.05) is 12.1 Å². The van der Waals surface area contributed by atoms with Crippen molar-refractivity contribution in [1.29, 1.82) is 0 Å². The van der Waals surface area contributed by atoms with Crippen molar-refractivity contribution in [3.8, 4) is 0 Å². The van der Waals surface area contributed by atoms with E-state index in [0.29, 0.717) is 4.90 Å². The number of aryl methyl sites for hydroxylation is 1. The molecule has 0 saturated carbocycles. The molecule has 0 bridgehead atoms. The minimum absolute atomic E-state index is 0.225. The van der Waals surface area contributed by atoms with Gasteiger partial charge in [-0.1, -0.05) is 57.2 Å². The maximum Gasteiger partial charge on any atom is 0.243 e. The summed E-state index contributed by atoms with van der Waals surface area (Å²) in [5.74, 6) is 0. The molecule has 1 fully saturated rings. The number of unbranched alkanes of at least 4 members (excludes halogenated alkanes) is 2. The molecular weight excluding hydrogens is 282 g/mol. The first-order valence-corrected chi connectivity index (χ1v) is 9.56. The van der Waals surface area contributed by atoms with Gasteiger partial charge in [0.15, 0.2) is 0 Å². The Balaban J connectivity index is 2.15. The molecule has 1 heterocycles. The van der Waals surface area contributed by atoms with Crippen LogP contribution in [-0.2, 0) is 10.0 Å². The summed E-state index contributed by atoms with van der Waals surface area (Å²) in [6.45, 7) is 6.28. The minimum atomic E-state index is -3.31. The van der Waals surface area contributed by atoms with Gasteiger partial charge in [-0.3, -0.25) is 0 Å². The number of sulfonamides is 1. The molecule has 0 aliphatic carbocycles. The van der Waals surface area contributed by atoms with Crippen LogP contribution in [0, 0.1) is 6.92 Å². The number of hydrogen-bond acceptors (Lipinski definition) is 2. The second-order valence-corrected chi connectivity index (χ2v) is 7.91. The third kappa shape index (κ3) is 3.67. The van der Waals surface area contributed by atoms with Gasteiger partial charge in [-0.25, -0.2) is 8.42 Å². The van der Waals surface area contributed by atoms with E-state index in [4.69, 9.17) is 0 Å². The van der Waals surface area contributed by atoms with E-state index in [1.165, 1.54) is 0 Å². The lowest BCUT2D eigenvalue weighted by Gasteiger charge is -2.07. The first-order valence-electron chi connectivity index (χ1n) is 8.12. The van der Waals surface area contributed by atoms with Crippen molar-refractivity contribution in [2.75, 3.05) is 0 Å². The van der Waals surface area contributed by atoms with Gasteiger partial charge in [-0.05, 0) is 31.9 Å². The maximum absolute atomic E-state index is 12.8. The van der Waals surface area contributed by atoms with Crippen LogP contribution in [0.15, 0.2) is 29.2 Å². The molecule has 0 unspecified atom stereocenters. The Bertz CT molecular complexity index is 537. The summed E-state index contributed by atoms with van der Waals surface area (Å²) in [5.41, 5.74) is 1.09. The molecule has 4 heteroatoms. The van der Waals surface area contributed by atoms with Crippen molar-refractivity contribution in [3.05, 3.63) is 29.8 Å². The van der Waals surface area contributed by atoms with Crippen molar-refractivity contribution in [2.45, 2.75) is 76.3 Å². The van der Waals surface area contributed by atoms with Crippen LogP contribution in [0.25, 0.3) is 0 Å². The fourth-order valence-electron chi connectivity index (χ4n) is 2.96. The smallest absolute Gasteiger partial charge is 0.207 e. The zero-order valence-electron chi connectivity index (χ0n) is 13.4.